The maximum Gasteiger partial charge on any atom is 0.272 e. The number of benzene rings is 5. The molecule has 0 saturated carbocycles. The maximum atomic E-state index is 13.7. The van der Waals surface area contributed by atoms with Crippen LogP contribution in [-0.4, -0.2) is 24.8 Å². The summed E-state index contributed by atoms with van der Waals surface area (Å²) in [6.45, 7) is 1.86. The molecule has 0 radical (unpaired) electrons. The molecule has 0 aliphatic carbocycles. The Balaban J connectivity index is 1.34. The van der Waals surface area contributed by atoms with E-state index in [1.165, 1.54) is 18.9 Å². The third-order valence-corrected chi connectivity index (χ3v) is 9.30. The van der Waals surface area contributed by atoms with E-state index in [0.29, 0.717) is 27.7 Å². The molecule has 48 heavy (non-hydrogen) atoms. The maximum absolute atomic E-state index is 13.7. The van der Waals surface area contributed by atoms with Crippen molar-refractivity contribution in [1.82, 2.24) is 5.32 Å². The number of carbonyl (C=O) groups is 3. The highest BCUT2D eigenvalue weighted by Crippen LogP contribution is 2.38. The number of hydrogen-bond donors (Lipinski definition) is 3. The number of rotatable bonds is 11. The van der Waals surface area contributed by atoms with Gasteiger partial charge in [0.05, 0.1) is 12.8 Å². The molecule has 3 N–H and O–H groups in total. The molecular weight excluding hydrogens is 710 g/mol. The highest BCUT2D eigenvalue weighted by molar-refractivity contribution is 9.10. The van der Waals surface area contributed by atoms with Crippen LogP contribution in [0, 0.1) is 6.92 Å². The second kappa shape index (κ2) is 16.3. The van der Waals surface area contributed by atoms with Gasteiger partial charge in [-0.1, -0.05) is 88.2 Å². The van der Waals surface area contributed by atoms with Crippen molar-refractivity contribution in [2.45, 2.75) is 17.1 Å². The molecule has 10 heteroatoms. The van der Waals surface area contributed by atoms with E-state index in [2.05, 4.69) is 31.9 Å². The molecule has 7 nitrogen and oxygen atoms in total. The van der Waals surface area contributed by atoms with Gasteiger partial charge in [0.1, 0.15) is 16.7 Å². The molecule has 0 aromatic heterocycles. The topological polar surface area (TPSA) is 96.5 Å². The minimum Gasteiger partial charge on any atom is -0.495 e. The zero-order valence-corrected chi connectivity index (χ0v) is 29.2. The molecule has 0 fully saturated rings. The van der Waals surface area contributed by atoms with E-state index in [0.717, 1.165) is 26.1 Å². The van der Waals surface area contributed by atoms with Crippen LogP contribution in [0.25, 0.3) is 6.08 Å². The Morgan fingerprint density at radius 3 is 2.19 bits per heavy atom. The second-order valence-corrected chi connectivity index (χ2v) is 13.1. The Hall–Kier alpha value is -4.83. The van der Waals surface area contributed by atoms with Crippen LogP contribution in [0.3, 0.4) is 0 Å². The second-order valence-electron chi connectivity index (χ2n) is 10.6. The number of methoxy groups -OCH3 is 1. The predicted molar refractivity (Wildman–Crippen MR) is 198 cm³/mol. The van der Waals surface area contributed by atoms with E-state index in [1.807, 2.05) is 79.7 Å². The van der Waals surface area contributed by atoms with E-state index < -0.39 is 17.1 Å². The standard InChI is InChI=1S/C38H31BrClN3O4S/c1-24-20-32(34(47-2)23-31(24)40)42-38(46)35(26-11-5-3-6-12-26)48-30-18-16-29(17-19-30)41-37(45)33(22-25-10-9-15-28(39)21-25)43-36(44)27-13-7-4-8-14-27/h3-23,35H,1-2H3,(H,41,45)(H,42,46)(H,43,44)/b33-22-. The zero-order chi connectivity index (χ0) is 34.0. The number of amides is 3. The van der Waals surface area contributed by atoms with E-state index in [1.54, 1.807) is 54.6 Å². The van der Waals surface area contributed by atoms with Gasteiger partial charge in [0, 0.05) is 31.7 Å². The SMILES string of the molecule is COc1cc(Cl)c(C)cc1NC(=O)C(Sc1ccc(NC(=O)/C(=C/c2cccc(Br)c2)NC(=O)c2ccccc2)cc1)c1ccccc1. The van der Waals surface area contributed by atoms with Crippen LogP contribution in [0.5, 0.6) is 5.75 Å². The molecule has 242 valence electrons. The smallest absolute Gasteiger partial charge is 0.272 e. The number of nitrogens with one attached hydrogen (secondary N) is 3. The average molecular weight is 741 g/mol. The number of thioether (sulfide) groups is 1. The van der Waals surface area contributed by atoms with Crippen LogP contribution in [0.4, 0.5) is 11.4 Å². The fourth-order valence-corrected chi connectivity index (χ4v) is 6.28. The van der Waals surface area contributed by atoms with Gasteiger partial charge in [0.25, 0.3) is 11.8 Å². The number of ether oxygens (including phenoxy) is 1. The Morgan fingerprint density at radius 2 is 1.52 bits per heavy atom. The lowest BCUT2D eigenvalue weighted by molar-refractivity contribution is -0.116. The fraction of sp³-hybridized carbons (Fsp3) is 0.0789. The van der Waals surface area contributed by atoms with Crippen LogP contribution in [0.1, 0.15) is 32.3 Å². The summed E-state index contributed by atoms with van der Waals surface area (Å²) in [7, 11) is 1.52. The van der Waals surface area contributed by atoms with Crippen molar-refractivity contribution in [2.75, 3.05) is 17.7 Å². The summed E-state index contributed by atoms with van der Waals surface area (Å²) >= 11 is 11.1. The van der Waals surface area contributed by atoms with Crippen molar-refractivity contribution in [3.63, 3.8) is 0 Å². The van der Waals surface area contributed by atoms with Crippen molar-refractivity contribution >= 4 is 74.5 Å². The zero-order valence-electron chi connectivity index (χ0n) is 26.0. The first-order chi connectivity index (χ1) is 23.2. The number of carbonyl (C=O) groups excluding carboxylic acids is 3. The van der Waals surface area contributed by atoms with Crippen LogP contribution in [0.2, 0.25) is 5.02 Å². The van der Waals surface area contributed by atoms with Gasteiger partial charge in [-0.2, -0.15) is 0 Å². The summed E-state index contributed by atoms with van der Waals surface area (Å²) in [5, 5.41) is 8.58. The normalized spacial score (nSPS) is 11.7. The molecule has 0 spiro atoms. The Morgan fingerprint density at radius 1 is 0.833 bits per heavy atom. The van der Waals surface area contributed by atoms with E-state index in [-0.39, 0.29) is 11.6 Å². The van der Waals surface area contributed by atoms with Gasteiger partial charge in [-0.15, -0.1) is 11.8 Å². The number of anilines is 2. The quantitative estimate of drug-likeness (QED) is 0.0927. The summed E-state index contributed by atoms with van der Waals surface area (Å²) in [6, 6.07) is 36.2. The van der Waals surface area contributed by atoms with Crippen LogP contribution < -0.4 is 20.7 Å². The first kappa shape index (κ1) is 34.5. The third-order valence-electron chi connectivity index (χ3n) is 7.13. The summed E-state index contributed by atoms with van der Waals surface area (Å²) in [5.41, 5.74) is 3.89. The van der Waals surface area contributed by atoms with Gasteiger partial charge < -0.3 is 20.7 Å². The summed E-state index contributed by atoms with van der Waals surface area (Å²) in [4.78, 5) is 41.0. The molecule has 1 unspecified atom stereocenters. The van der Waals surface area contributed by atoms with Crippen LogP contribution >= 0.6 is 39.3 Å². The van der Waals surface area contributed by atoms with Gasteiger partial charge in [0.15, 0.2) is 0 Å². The molecule has 0 saturated heterocycles. The number of aryl methyl sites for hydroxylation is 1. The van der Waals surface area contributed by atoms with Crippen molar-refractivity contribution < 1.29 is 19.1 Å². The monoisotopic (exact) mass is 739 g/mol. The highest BCUT2D eigenvalue weighted by atomic mass is 79.9. The molecule has 0 aliphatic heterocycles. The highest BCUT2D eigenvalue weighted by Gasteiger charge is 2.24. The van der Waals surface area contributed by atoms with Gasteiger partial charge in [-0.05, 0) is 84.3 Å². The lowest BCUT2D eigenvalue weighted by Gasteiger charge is -2.19. The molecular formula is C38H31BrClN3O4S. The van der Waals surface area contributed by atoms with Crippen molar-refractivity contribution in [3.8, 4) is 5.75 Å². The lowest BCUT2D eigenvalue weighted by atomic mass is 10.1. The molecule has 5 rings (SSSR count). The summed E-state index contributed by atoms with van der Waals surface area (Å²) < 4.78 is 6.30. The molecule has 0 bridgehead atoms. The predicted octanol–water partition coefficient (Wildman–Crippen LogP) is 9.30. The van der Waals surface area contributed by atoms with E-state index >= 15 is 0 Å². The third kappa shape index (κ3) is 9.16. The molecule has 0 heterocycles. The molecule has 0 aliphatic rings. The average Bonchev–Trinajstić information content (AvgIpc) is 3.09. The van der Waals surface area contributed by atoms with Crippen LogP contribution in [-0.2, 0) is 9.59 Å². The fourth-order valence-electron chi connectivity index (χ4n) is 4.69. The Kier molecular flexibility index (Phi) is 11.7. The number of halogens is 2. The van der Waals surface area contributed by atoms with E-state index in [4.69, 9.17) is 16.3 Å². The van der Waals surface area contributed by atoms with Gasteiger partial charge >= 0.3 is 0 Å². The van der Waals surface area contributed by atoms with Crippen molar-refractivity contribution in [1.29, 1.82) is 0 Å². The molecule has 1 atom stereocenters. The Bertz CT molecular complexity index is 1950. The lowest BCUT2D eigenvalue weighted by Crippen LogP contribution is -2.30. The first-order valence-corrected chi connectivity index (χ1v) is 16.9. The van der Waals surface area contributed by atoms with Crippen molar-refractivity contribution in [3.05, 3.63) is 159 Å². The largest absolute Gasteiger partial charge is 0.495 e. The van der Waals surface area contributed by atoms with Gasteiger partial charge in [0.2, 0.25) is 5.91 Å². The summed E-state index contributed by atoms with van der Waals surface area (Å²) in [5.74, 6) is -0.673. The Labute approximate surface area is 296 Å². The number of hydrogen-bond acceptors (Lipinski definition) is 5. The summed E-state index contributed by atoms with van der Waals surface area (Å²) in [6.07, 6.45) is 1.62. The molecule has 3 amide bonds. The van der Waals surface area contributed by atoms with Gasteiger partial charge in [-0.3, -0.25) is 14.4 Å². The minimum atomic E-state index is -0.597. The first-order valence-electron chi connectivity index (χ1n) is 14.8. The van der Waals surface area contributed by atoms with E-state index in [9.17, 15) is 14.4 Å². The van der Waals surface area contributed by atoms with Gasteiger partial charge in [-0.25, -0.2) is 0 Å². The molecule has 5 aromatic rings. The molecule has 5 aromatic carbocycles. The minimum absolute atomic E-state index is 0.0779. The van der Waals surface area contributed by atoms with Crippen molar-refractivity contribution in [2.24, 2.45) is 0 Å². The van der Waals surface area contributed by atoms with Crippen LogP contribution in [0.15, 0.2) is 136 Å².